The van der Waals surface area contributed by atoms with Gasteiger partial charge in [-0.15, -0.1) is 0 Å². The molecule has 130 valence electrons. The zero-order valence-electron chi connectivity index (χ0n) is 14.5. The van der Waals surface area contributed by atoms with Crippen molar-refractivity contribution in [3.63, 3.8) is 0 Å². The van der Waals surface area contributed by atoms with Gasteiger partial charge in [0.1, 0.15) is 5.75 Å². The maximum Gasteiger partial charge on any atom is 0.319 e. The van der Waals surface area contributed by atoms with E-state index in [0.29, 0.717) is 12.5 Å². The van der Waals surface area contributed by atoms with Crippen LogP contribution in [0, 0.1) is 5.92 Å². The van der Waals surface area contributed by atoms with Crippen molar-refractivity contribution >= 4 is 22.6 Å². The van der Waals surface area contributed by atoms with Gasteiger partial charge in [-0.25, -0.2) is 4.79 Å². The fourth-order valence-corrected chi connectivity index (χ4v) is 2.80. The molecule has 0 aliphatic carbocycles. The van der Waals surface area contributed by atoms with Crippen LogP contribution in [0.5, 0.6) is 5.75 Å². The number of anilines is 1. The highest BCUT2D eigenvalue weighted by Gasteiger charge is 2.06. The van der Waals surface area contributed by atoms with Crippen LogP contribution in [0.3, 0.4) is 0 Å². The highest BCUT2D eigenvalue weighted by molar-refractivity contribution is 5.92. The van der Waals surface area contributed by atoms with Gasteiger partial charge < -0.3 is 20.3 Å². The number of amides is 2. The number of benzene rings is 2. The van der Waals surface area contributed by atoms with Crippen LogP contribution < -0.4 is 10.6 Å². The largest absolute Gasteiger partial charge is 0.508 e. The van der Waals surface area contributed by atoms with Gasteiger partial charge >= 0.3 is 6.03 Å². The van der Waals surface area contributed by atoms with Crippen LogP contribution in [0.25, 0.3) is 10.9 Å². The molecule has 1 aromatic heterocycles. The van der Waals surface area contributed by atoms with Crippen LogP contribution in [0.2, 0.25) is 0 Å². The van der Waals surface area contributed by atoms with Crippen molar-refractivity contribution in [3.8, 4) is 5.75 Å². The van der Waals surface area contributed by atoms with Crippen molar-refractivity contribution in [1.82, 2.24) is 9.88 Å². The monoisotopic (exact) mass is 337 g/mol. The molecule has 0 atom stereocenters. The van der Waals surface area contributed by atoms with Crippen LogP contribution in [0.15, 0.2) is 54.7 Å². The summed E-state index contributed by atoms with van der Waals surface area (Å²) in [5.74, 6) is 0.796. The molecule has 2 amide bonds. The average molecular weight is 337 g/mol. The van der Waals surface area contributed by atoms with Crippen LogP contribution in [0.1, 0.15) is 19.4 Å². The van der Waals surface area contributed by atoms with Crippen LogP contribution in [0.4, 0.5) is 10.5 Å². The zero-order valence-corrected chi connectivity index (χ0v) is 14.5. The minimum absolute atomic E-state index is 0.214. The third-order valence-electron chi connectivity index (χ3n) is 3.98. The third kappa shape index (κ3) is 4.32. The molecule has 3 aromatic rings. The summed E-state index contributed by atoms with van der Waals surface area (Å²) >= 11 is 0. The fraction of sp³-hybridized carbons (Fsp3) is 0.250. The number of nitrogens with zero attached hydrogens (tertiary/aromatic N) is 1. The number of aromatic hydroxyl groups is 1. The maximum atomic E-state index is 12.1. The van der Waals surface area contributed by atoms with E-state index in [1.54, 1.807) is 24.3 Å². The molecule has 0 unspecified atom stereocenters. The zero-order chi connectivity index (χ0) is 17.8. The minimum Gasteiger partial charge on any atom is -0.508 e. The van der Waals surface area contributed by atoms with E-state index in [4.69, 9.17) is 0 Å². The van der Waals surface area contributed by atoms with E-state index >= 15 is 0 Å². The maximum absolute atomic E-state index is 12.1. The molecule has 0 saturated heterocycles. The second kappa shape index (κ2) is 7.30. The Hall–Kier alpha value is -2.95. The Labute approximate surface area is 147 Å². The summed E-state index contributed by atoms with van der Waals surface area (Å²) in [5, 5.41) is 16.0. The van der Waals surface area contributed by atoms with E-state index in [1.807, 2.05) is 18.2 Å². The van der Waals surface area contributed by atoms with Gasteiger partial charge in [0.2, 0.25) is 0 Å². The fourth-order valence-electron chi connectivity index (χ4n) is 2.80. The van der Waals surface area contributed by atoms with Crippen molar-refractivity contribution in [2.75, 3.05) is 5.32 Å². The predicted molar refractivity (Wildman–Crippen MR) is 101 cm³/mol. The Morgan fingerprint density at radius 3 is 2.60 bits per heavy atom. The quantitative estimate of drug-likeness (QED) is 0.649. The molecule has 0 aliphatic heterocycles. The Balaban J connectivity index is 1.62. The van der Waals surface area contributed by atoms with Crippen LogP contribution in [-0.4, -0.2) is 15.7 Å². The lowest BCUT2D eigenvalue weighted by Crippen LogP contribution is -2.28. The van der Waals surface area contributed by atoms with Gasteiger partial charge in [-0.05, 0) is 47.9 Å². The van der Waals surface area contributed by atoms with E-state index < -0.39 is 0 Å². The summed E-state index contributed by atoms with van der Waals surface area (Å²) in [4.78, 5) is 12.1. The first-order valence-corrected chi connectivity index (χ1v) is 8.43. The Bertz CT molecular complexity index is 866. The molecule has 0 saturated carbocycles. The number of fused-ring (bicyclic) bond motifs is 1. The second-order valence-electron chi connectivity index (χ2n) is 6.61. The number of rotatable bonds is 5. The number of hydrogen-bond donors (Lipinski definition) is 3. The Kier molecular flexibility index (Phi) is 4.93. The summed E-state index contributed by atoms with van der Waals surface area (Å²) in [6.07, 6.45) is 2.08. The number of phenolic OH excluding ortho intramolecular Hbond substituents is 1. The van der Waals surface area contributed by atoms with Gasteiger partial charge in [0.25, 0.3) is 0 Å². The molecule has 0 bridgehead atoms. The number of carbonyl (C=O) groups excluding carboxylic acids is 1. The third-order valence-corrected chi connectivity index (χ3v) is 3.98. The molecular formula is C20H23N3O2. The van der Waals surface area contributed by atoms with Crippen molar-refractivity contribution in [2.45, 2.75) is 26.9 Å². The summed E-state index contributed by atoms with van der Waals surface area (Å²) in [6.45, 7) is 5.77. The number of urea groups is 1. The summed E-state index contributed by atoms with van der Waals surface area (Å²) < 4.78 is 2.23. The average Bonchev–Trinajstić information content (AvgIpc) is 2.96. The van der Waals surface area contributed by atoms with Crippen LogP contribution >= 0.6 is 0 Å². The molecule has 1 heterocycles. The van der Waals surface area contributed by atoms with E-state index in [2.05, 4.69) is 41.3 Å². The smallest absolute Gasteiger partial charge is 0.319 e. The molecule has 2 aromatic carbocycles. The molecular weight excluding hydrogens is 314 g/mol. The van der Waals surface area contributed by atoms with Gasteiger partial charge in [-0.1, -0.05) is 26.0 Å². The molecule has 3 rings (SSSR count). The highest BCUT2D eigenvalue weighted by Crippen LogP contribution is 2.21. The van der Waals surface area contributed by atoms with Gasteiger partial charge in [-0.3, -0.25) is 0 Å². The van der Waals surface area contributed by atoms with Gasteiger partial charge in [0.05, 0.1) is 0 Å². The number of hydrogen-bond acceptors (Lipinski definition) is 2. The standard InChI is InChI=1S/C20H23N3O2/c1-14(2)13-23-10-9-16-11-17(5-8-19(16)23)22-20(25)21-12-15-3-6-18(24)7-4-15/h3-11,14,24H,12-13H2,1-2H3,(H2,21,22,25). The normalized spacial score (nSPS) is 11.0. The molecule has 3 N–H and O–H groups in total. The molecule has 0 aliphatic rings. The number of aromatic nitrogens is 1. The van der Waals surface area contributed by atoms with E-state index in [9.17, 15) is 9.90 Å². The molecule has 0 fully saturated rings. The number of phenols is 1. The summed E-state index contributed by atoms with van der Waals surface area (Å²) in [5.41, 5.74) is 2.86. The molecule has 0 radical (unpaired) electrons. The van der Waals surface area contributed by atoms with Gasteiger partial charge in [0, 0.05) is 35.9 Å². The molecule has 0 spiro atoms. The Morgan fingerprint density at radius 1 is 1.12 bits per heavy atom. The van der Waals surface area contributed by atoms with Crippen molar-refractivity contribution in [2.24, 2.45) is 5.92 Å². The van der Waals surface area contributed by atoms with Crippen molar-refractivity contribution < 1.29 is 9.90 Å². The first-order valence-electron chi connectivity index (χ1n) is 8.43. The highest BCUT2D eigenvalue weighted by atomic mass is 16.3. The number of nitrogens with one attached hydrogen (secondary N) is 2. The van der Waals surface area contributed by atoms with Gasteiger partial charge in [-0.2, -0.15) is 0 Å². The van der Waals surface area contributed by atoms with Gasteiger partial charge in [0.15, 0.2) is 0 Å². The van der Waals surface area contributed by atoms with E-state index in [0.717, 1.165) is 23.2 Å². The lowest BCUT2D eigenvalue weighted by atomic mass is 10.2. The summed E-state index contributed by atoms with van der Waals surface area (Å²) in [7, 11) is 0. The first-order chi connectivity index (χ1) is 12.0. The van der Waals surface area contributed by atoms with E-state index in [1.165, 1.54) is 5.52 Å². The first kappa shape index (κ1) is 16.9. The topological polar surface area (TPSA) is 66.3 Å². The Morgan fingerprint density at radius 2 is 1.88 bits per heavy atom. The van der Waals surface area contributed by atoms with Crippen molar-refractivity contribution in [3.05, 3.63) is 60.3 Å². The second-order valence-corrected chi connectivity index (χ2v) is 6.61. The SMILES string of the molecule is CC(C)Cn1ccc2cc(NC(=O)NCc3ccc(O)cc3)ccc21. The molecule has 5 nitrogen and oxygen atoms in total. The lowest BCUT2D eigenvalue weighted by Gasteiger charge is -2.10. The minimum atomic E-state index is -0.256. The van der Waals surface area contributed by atoms with Crippen LogP contribution in [-0.2, 0) is 13.1 Å². The summed E-state index contributed by atoms with van der Waals surface area (Å²) in [6, 6.07) is 14.5. The van der Waals surface area contributed by atoms with E-state index in [-0.39, 0.29) is 11.8 Å². The van der Waals surface area contributed by atoms with Crippen molar-refractivity contribution in [1.29, 1.82) is 0 Å². The number of carbonyl (C=O) groups is 1. The lowest BCUT2D eigenvalue weighted by molar-refractivity contribution is 0.251. The predicted octanol–water partition coefficient (Wildman–Crippen LogP) is 4.32. The molecule has 5 heteroatoms. The molecule has 25 heavy (non-hydrogen) atoms.